The van der Waals surface area contributed by atoms with E-state index in [0.29, 0.717) is 23.9 Å². The van der Waals surface area contributed by atoms with Crippen molar-refractivity contribution in [1.29, 1.82) is 0 Å². The second kappa shape index (κ2) is 10.4. The van der Waals surface area contributed by atoms with Crippen molar-refractivity contribution in [3.05, 3.63) is 48.0 Å². The van der Waals surface area contributed by atoms with Crippen molar-refractivity contribution in [2.45, 2.75) is 39.2 Å². The van der Waals surface area contributed by atoms with Crippen LogP contribution in [0.25, 0.3) is 0 Å². The van der Waals surface area contributed by atoms with E-state index in [4.69, 9.17) is 18.9 Å². The molecule has 1 aliphatic rings. The number of hydrazone groups is 1. The number of fused-ring (bicyclic) bond motifs is 1. The van der Waals surface area contributed by atoms with E-state index in [1.807, 2.05) is 18.2 Å². The number of nitrogens with one attached hydrogen (secondary N) is 1. The first-order valence-electron chi connectivity index (χ1n) is 9.78. The zero-order valence-electron chi connectivity index (χ0n) is 16.7. The highest BCUT2D eigenvalue weighted by Gasteiger charge is 2.15. The smallest absolute Gasteiger partial charge is 0.280 e. The van der Waals surface area contributed by atoms with Crippen LogP contribution < -0.4 is 24.4 Å². The number of amides is 1. The maximum absolute atomic E-state index is 12.2. The molecule has 0 aromatic heterocycles. The monoisotopic (exact) mass is 398 g/mol. The highest BCUT2D eigenvalue weighted by molar-refractivity contribution is 5.85. The van der Waals surface area contributed by atoms with Gasteiger partial charge in [-0.1, -0.05) is 19.8 Å². The minimum atomic E-state index is -0.694. The summed E-state index contributed by atoms with van der Waals surface area (Å²) in [6.07, 6.45) is 4.21. The predicted molar refractivity (Wildman–Crippen MR) is 110 cm³/mol. The molecule has 1 atom stereocenters. The molecular weight excluding hydrogens is 372 g/mol. The van der Waals surface area contributed by atoms with Crippen LogP contribution in [0, 0.1) is 0 Å². The van der Waals surface area contributed by atoms with Gasteiger partial charge in [0, 0.05) is 0 Å². The Hall–Kier alpha value is -3.22. The van der Waals surface area contributed by atoms with E-state index in [9.17, 15) is 4.79 Å². The molecule has 2 aromatic rings. The lowest BCUT2D eigenvalue weighted by Crippen LogP contribution is -2.33. The normalized spacial score (nSPS) is 13.3. The largest absolute Gasteiger partial charge is 0.494 e. The molecule has 0 fully saturated rings. The van der Waals surface area contributed by atoms with E-state index in [-0.39, 0.29) is 12.7 Å². The van der Waals surface area contributed by atoms with Gasteiger partial charge >= 0.3 is 0 Å². The number of rotatable bonds is 10. The van der Waals surface area contributed by atoms with Gasteiger partial charge in [-0.15, -0.1) is 0 Å². The van der Waals surface area contributed by atoms with Crippen molar-refractivity contribution in [3.8, 4) is 23.0 Å². The van der Waals surface area contributed by atoms with E-state index in [2.05, 4.69) is 17.5 Å². The van der Waals surface area contributed by atoms with Crippen LogP contribution in [0.3, 0.4) is 0 Å². The Morgan fingerprint density at radius 2 is 1.90 bits per heavy atom. The lowest BCUT2D eigenvalue weighted by molar-refractivity contribution is -0.127. The van der Waals surface area contributed by atoms with Crippen LogP contribution in [-0.4, -0.2) is 31.6 Å². The Morgan fingerprint density at radius 3 is 2.69 bits per heavy atom. The lowest BCUT2D eigenvalue weighted by Gasteiger charge is -2.13. The Labute approximate surface area is 170 Å². The molecule has 0 unspecified atom stereocenters. The third kappa shape index (κ3) is 6.14. The molecular formula is C22H26N2O5. The van der Waals surface area contributed by atoms with E-state index in [1.165, 1.54) is 6.21 Å². The van der Waals surface area contributed by atoms with Gasteiger partial charge in [-0.2, -0.15) is 5.10 Å². The van der Waals surface area contributed by atoms with Crippen molar-refractivity contribution in [1.82, 2.24) is 5.43 Å². The minimum absolute atomic E-state index is 0.216. The highest BCUT2D eigenvalue weighted by atomic mass is 16.7. The molecule has 0 radical (unpaired) electrons. The molecule has 154 valence electrons. The zero-order chi connectivity index (χ0) is 20.5. The molecule has 1 N–H and O–H groups in total. The fraction of sp³-hybridized carbons (Fsp3) is 0.364. The van der Waals surface area contributed by atoms with Gasteiger partial charge in [-0.25, -0.2) is 5.43 Å². The number of hydrogen-bond donors (Lipinski definition) is 1. The van der Waals surface area contributed by atoms with Crippen molar-refractivity contribution >= 4 is 12.1 Å². The second-order valence-electron chi connectivity index (χ2n) is 6.63. The summed E-state index contributed by atoms with van der Waals surface area (Å²) in [6.45, 7) is 4.74. The van der Waals surface area contributed by atoms with Gasteiger partial charge in [0.05, 0.1) is 12.8 Å². The molecule has 29 heavy (non-hydrogen) atoms. The van der Waals surface area contributed by atoms with Crippen LogP contribution in [0.5, 0.6) is 23.0 Å². The number of nitrogens with zero attached hydrogens (tertiary/aromatic N) is 1. The summed E-state index contributed by atoms with van der Waals surface area (Å²) in [5.74, 6) is 2.40. The molecule has 0 saturated carbocycles. The molecule has 0 bridgehead atoms. The molecule has 7 heteroatoms. The highest BCUT2D eigenvalue weighted by Crippen LogP contribution is 2.31. The number of carbonyl (C=O) groups is 1. The van der Waals surface area contributed by atoms with Gasteiger partial charge < -0.3 is 18.9 Å². The maximum Gasteiger partial charge on any atom is 0.280 e. The number of carbonyl (C=O) groups excluding carboxylic acids is 1. The van der Waals surface area contributed by atoms with Gasteiger partial charge in [0.2, 0.25) is 6.79 Å². The first kappa shape index (κ1) is 20.5. The van der Waals surface area contributed by atoms with E-state index in [0.717, 1.165) is 30.6 Å². The number of hydrogen-bond acceptors (Lipinski definition) is 6. The van der Waals surface area contributed by atoms with Gasteiger partial charge in [-0.05, 0) is 61.4 Å². The topological polar surface area (TPSA) is 78.4 Å². The standard InChI is InChI=1S/C22H26N2O5/c1-3-4-5-12-26-18-7-9-19(10-8-18)29-16(2)22(25)24-23-14-17-6-11-20-21(13-17)28-15-27-20/h6-11,13-14,16H,3-5,12,15H2,1-2H3,(H,24,25)/t16-/m0/s1. The lowest BCUT2D eigenvalue weighted by atomic mass is 10.2. The van der Waals surface area contributed by atoms with E-state index >= 15 is 0 Å². The fourth-order valence-corrected chi connectivity index (χ4v) is 2.67. The summed E-state index contributed by atoms with van der Waals surface area (Å²) in [5.41, 5.74) is 3.27. The summed E-state index contributed by atoms with van der Waals surface area (Å²) in [6, 6.07) is 12.7. The van der Waals surface area contributed by atoms with Gasteiger partial charge in [0.15, 0.2) is 17.6 Å². The molecule has 0 saturated heterocycles. The Bertz CT molecular complexity index is 836. The summed E-state index contributed by atoms with van der Waals surface area (Å²) in [5, 5.41) is 3.97. The summed E-state index contributed by atoms with van der Waals surface area (Å²) in [4.78, 5) is 12.2. The molecule has 0 spiro atoms. The third-order valence-corrected chi connectivity index (χ3v) is 4.31. The van der Waals surface area contributed by atoms with Crippen LogP contribution >= 0.6 is 0 Å². The Kier molecular flexibility index (Phi) is 7.33. The number of ether oxygens (including phenoxy) is 4. The van der Waals surface area contributed by atoms with Crippen molar-refractivity contribution in [2.24, 2.45) is 5.10 Å². The van der Waals surface area contributed by atoms with Gasteiger partial charge in [0.25, 0.3) is 5.91 Å². The van der Waals surface area contributed by atoms with Crippen molar-refractivity contribution in [3.63, 3.8) is 0 Å². The Morgan fingerprint density at radius 1 is 1.14 bits per heavy atom. The van der Waals surface area contributed by atoms with Crippen LogP contribution in [0.2, 0.25) is 0 Å². The van der Waals surface area contributed by atoms with Crippen LogP contribution in [0.15, 0.2) is 47.6 Å². The molecule has 0 aliphatic carbocycles. The molecule has 7 nitrogen and oxygen atoms in total. The van der Waals surface area contributed by atoms with E-state index in [1.54, 1.807) is 31.2 Å². The predicted octanol–water partition coefficient (Wildman–Crippen LogP) is 3.90. The molecule has 3 rings (SSSR count). The van der Waals surface area contributed by atoms with Gasteiger partial charge in [-0.3, -0.25) is 4.79 Å². The molecule has 1 heterocycles. The van der Waals surface area contributed by atoms with Crippen molar-refractivity contribution < 1.29 is 23.7 Å². The third-order valence-electron chi connectivity index (χ3n) is 4.31. The average molecular weight is 398 g/mol. The fourth-order valence-electron chi connectivity index (χ4n) is 2.67. The summed E-state index contributed by atoms with van der Waals surface area (Å²) >= 11 is 0. The first-order chi connectivity index (χ1) is 14.2. The van der Waals surface area contributed by atoms with Crippen LogP contribution in [-0.2, 0) is 4.79 Å². The summed E-state index contributed by atoms with van der Waals surface area (Å²) in [7, 11) is 0. The zero-order valence-corrected chi connectivity index (χ0v) is 16.7. The SMILES string of the molecule is CCCCCOc1ccc(O[C@@H](C)C(=O)NN=Cc2ccc3c(c2)OCO3)cc1. The quantitative estimate of drug-likeness (QED) is 0.373. The minimum Gasteiger partial charge on any atom is -0.494 e. The number of unbranched alkanes of at least 4 members (excludes halogenated alkanes) is 2. The average Bonchev–Trinajstić information content (AvgIpc) is 3.20. The van der Waals surface area contributed by atoms with Crippen LogP contribution in [0.4, 0.5) is 0 Å². The van der Waals surface area contributed by atoms with E-state index < -0.39 is 6.10 Å². The van der Waals surface area contributed by atoms with Crippen LogP contribution in [0.1, 0.15) is 38.7 Å². The first-order valence-corrected chi connectivity index (χ1v) is 9.78. The van der Waals surface area contributed by atoms with Gasteiger partial charge in [0.1, 0.15) is 11.5 Å². The molecule has 1 aliphatic heterocycles. The second-order valence-corrected chi connectivity index (χ2v) is 6.63. The number of benzene rings is 2. The molecule has 2 aromatic carbocycles. The maximum atomic E-state index is 12.2. The summed E-state index contributed by atoms with van der Waals surface area (Å²) < 4.78 is 21.9. The Balaban J connectivity index is 1.44. The van der Waals surface area contributed by atoms with Crippen molar-refractivity contribution in [2.75, 3.05) is 13.4 Å². The molecule has 1 amide bonds.